The fourth-order valence-corrected chi connectivity index (χ4v) is 8.74. The number of rotatable bonds is 9. The third-order valence-electron chi connectivity index (χ3n) is 10.3. The lowest BCUT2D eigenvalue weighted by atomic mass is 9.87. The molecule has 2 saturated carbocycles. The second-order valence-electron chi connectivity index (χ2n) is 14.1. The smallest absolute Gasteiger partial charge is 0.405 e. The number of methoxy groups -OCH3 is 2. The first kappa shape index (κ1) is 36.4. The molecule has 15 nitrogen and oxygen atoms in total. The lowest BCUT2D eigenvalue weighted by Crippen LogP contribution is -2.59. The van der Waals surface area contributed by atoms with E-state index < -0.39 is 74.7 Å². The average Bonchev–Trinajstić information content (AvgIpc) is 4.02. The van der Waals surface area contributed by atoms with Gasteiger partial charge in [-0.25, -0.2) is 18.2 Å². The molecule has 0 radical (unpaired) electrons. The van der Waals surface area contributed by atoms with Gasteiger partial charge in [-0.2, -0.15) is 0 Å². The summed E-state index contributed by atoms with van der Waals surface area (Å²) in [4.78, 5) is 60.3. The van der Waals surface area contributed by atoms with Gasteiger partial charge in [-0.3, -0.25) is 19.1 Å². The lowest BCUT2D eigenvalue weighted by molar-refractivity contribution is -0.142. The van der Waals surface area contributed by atoms with Crippen LogP contribution in [0.5, 0.6) is 11.6 Å². The molecule has 4 aliphatic rings. The van der Waals surface area contributed by atoms with Crippen LogP contribution in [0.3, 0.4) is 0 Å². The van der Waals surface area contributed by atoms with Crippen molar-refractivity contribution in [2.75, 3.05) is 27.4 Å². The molecule has 1 aromatic carbocycles. The monoisotopic (exact) mass is 727 g/mol. The molecule has 4 amide bonds. The highest BCUT2D eigenvalue weighted by molar-refractivity contribution is 7.91. The molecule has 6 rings (SSSR count). The second-order valence-corrected chi connectivity index (χ2v) is 16.1. The summed E-state index contributed by atoms with van der Waals surface area (Å²) in [5.74, 6) is -2.32. The number of nitrogens with one attached hydrogen (secondary N) is 3. The van der Waals surface area contributed by atoms with Gasteiger partial charge in [0.1, 0.15) is 29.5 Å². The van der Waals surface area contributed by atoms with E-state index in [0.29, 0.717) is 43.2 Å². The molecule has 4 N–H and O–H groups in total. The maximum absolute atomic E-state index is 14.5. The number of hydrogen-bond donors (Lipinski definition) is 4. The average molecular weight is 728 g/mol. The summed E-state index contributed by atoms with van der Waals surface area (Å²) in [6, 6.07) is 4.89. The van der Waals surface area contributed by atoms with Crippen LogP contribution in [0.15, 0.2) is 42.6 Å². The highest BCUT2D eigenvalue weighted by Crippen LogP contribution is 2.46. The van der Waals surface area contributed by atoms with Gasteiger partial charge in [-0.15, -0.1) is 0 Å². The predicted molar refractivity (Wildman–Crippen MR) is 184 cm³/mol. The minimum atomic E-state index is -3.91. The molecule has 2 aliphatic heterocycles. The van der Waals surface area contributed by atoms with Gasteiger partial charge < -0.3 is 34.9 Å². The molecule has 1 saturated heterocycles. The van der Waals surface area contributed by atoms with Gasteiger partial charge in [-0.05, 0) is 50.5 Å². The van der Waals surface area contributed by atoms with Crippen LogP contribution >= 0.6 is 0 Å². The highest BCUT2D eigenvalue weighted by Gasteiger charge is 2.62. The standard InChI is InChI=1S/C35H45N5O10S/c1-20-8-4-5-9-22-16-35(22,33(43)39-51(46,47)24-12-13-24)38-30(41)27-15-23(50-31-26-11-7-6-10-25(26)28(49-3)17-36-31)18-40(27)32(42)29(37-34(44)45)21(14-20)19-48-2/h5-7,9-11,17,20-24,27,29,37H,4,8,12-16,18-19H2,1-3H3,(H,38,41)(H,39,43)(H,44,45)/t20-,21+,22-,23-,27+,29+,35-/m1/s1. The van der Waals surface area contributed by atoms with Crippen molar-refractivity contribution < 1.29 is 46.9 Å². The zero-order valence-corrected chi connectivity index (χ0v) is 29.7. The fourth-order valence-electron chi connectivity index (χ4n) is 7.38. The molecular weight excluding hydrogens is 682 g/mol. The van der Waals surface area contributed by atoms with E-state index in [-0.39, 0.29) is 37.8 Å². The Kier molecular flexibility index (Phi) is 10.4. The fraction of sp³-hybridized carbons (Fsp3) is 0.571. The Hall–Kier alpha value is -4.44. The summed E-state index contributed by atoms with van der Waals surface area (Å²) >= 11 is 0. The van der Waals surface area contributed by atoms with Crippen molar-refractivity contribution in [2.45, 2.75) is 80.8 Å². The summed E-state index contributed by atoms with van der Waals surface area (Å²) in [5.41, 5.74) is -1.54. The zero-order valence-electron chi connectivity index (χ0n) is 28.9. The number of fused-ring (bicyclic) bond motifs is 3. The van der Waals surface area contributed by atoms with E-state index >= 15 is 0 Å². The number of ether oxygens (including phenoxy) is 3. The van der Waals surface area contributed by atoms with Crippen molar-refractivity contribution in [1.29, 1.82) is 0 Å². The van der Waals surface area contributed by atoms with Crippen LogP contribution < -0.4 is 24.8 Å². The zero-order chi connectivity index (χ0) is 36.5. The van der Waals surface area contributed by atoms with Crippen LogP contribution in [0, 0.1) is 17.8 Å². The first-order valence-electron chi connectivity index (χ1n) is 17.3. The topological polar surface area (TPSA) is 203 Å². The number of nitrogens with zero attached hydrogens (tertiary/aromatic N) is 2. The van der Waals surface area contributed by atoms with E-state index in [1.165, 1.54) is 25.3 Å². The number of carbonyl (C=O) groups excluding carboxylic acids is 3. The van der Waals surface area contributed by atoms with Crippen LogP contribution in [0.2, 0.25) is 0 Å². The minimum absolute atomic E-state index is 0.0106. The van der Waals surface area contributed by atoms with Gasteiger partial charge in [0.15, 0.2) is 0 Å². The Morgan fingerprint density at radius 3 is 2.55 bits per heavy atom. The molecular formula is C35H45N5O10S. The molecule has 3 heterocycles. The van der Waals surface area contributed by atoms with Crippen LogP contribution in [-0.2, 0) is 29.1 Å². The summed E-state index contributed by atoms with van der Waals surface area (Å²) in [6.45, 7) is 2.00. The molecule has 7 atom stereocenters. The van der Waals surface area contributed by atoms with Gasteiger partial charge in [0.2, 0.25) is 27.7 Å². The Morgan fingerprint density at radius 2 is 1.86 bits per heavy atom. The van der Waals surface area contributed by atoms with E-state index in [0.717, 1.165) is 5.39 Å². The van der Waals surface area contributed by atoms with Crippen LogP contribution in [-0.4, -0.2) is 104 Å². The maximum Gasteiger partial charge on any atom is 0.405 e. The first-order chi connectivity index (χ1) is 24.4. The van der Waals surface area contributed by atoms with Crippen LogP contribution in [0.1, 0.15) is 51.9 Å². The van der Waals surface area contributed by atoms with Gasteiger partial charge in [-0.1, -0.05) is 37.3 Å². The molecule has 1 aromatic heterocycles. The van der Waals surface area contributed by atoms with E-state index in [1.807, 2.05) is 43.3 Å². The molecule has 2 aliphatic carbocycles. The largest absolute Gasteiger partial charge is 0.494 e. The van der Waals surface area contributed by atoms with Crippen LogP contribution in [0.4, 0.5) is 4.79 Å². The summed E-state index contributed by atoms with van der Waals surface area (Å²) in [5, 5.41) is 15.8. The molecule has 0 unspecified atom stereocenters. The molecule has 0 bridgehead atoms. The number of benzene rings is 1. The Balaban J connectivity index is 1.36. The van der Waals surface area contributed by atoms with Gasteiger partial charge in [0.25, 0.3) is 5.91 Å². The lowest BCUT2D eigenvalue weighted by Gasteiger charge is -2.33. The Morgan fingerprint density at radius 1 is 1.12 bits per heavy atom. The molecule has 16 heteroatoms. The van der Waals surface area contributed by atoms with Gasteiger partial charge in [0.05, 0.1) is 31.7 Å². The minimum Gasteiger partial charge on any atom is -0.494 e. The molecule has 51 heavy (non-hydrogen) atoms. The summed E-state index contributed by atoms with van der Waals surface area (Å²) < 4.78 is 45.1. The molecule has 3 fully saturated rings. The summed E-state index contributed by atoms with van der Waals surface area (Å²) in [6.07, 6.45) is 5.97. The third kappa shape index (κ3) is 7.76. The number of aromatic nitrogens is 1. The van der Waals surface area contributed by atoms with E-state index in [1.54, 1.807) is 0 Å². The maximum atomic E-state index is 14.5. The number of sulfonamides is 1. The van der Waals surface area contributed by atoms with E-state index in [2.05, 4.69) is 20.3 Å². The van der Waals surface area contributed by atoms with Crippen molar-refractivity contribution >= 4 is 44.6 Å². The van der Waals surface area contributed by atoms with E-state index in [4.69, 9.17) is 14.2 Å². The van der Waals surface area contributed by atoms with Crippen molar-refractivity contribution in [2.24, 2.45) is 17.8 Å². The Labute approximate surface area is 296 Å². The van der Waals surface area contributed by atoms with Crippen molar-refractivity contribution in [1.82, 2.24) is 25.2 Å². The second kappa shape index (κ2) is 14.7. The molecule has 276 valence electrons. The summed E-state index contributed by atoms with van der Waals surface area (Å²) in [7, 11) is -0.900. The number of hydrogen-bond acceptors (Lipinski definition) is 10. The highest BCUT2D eigenvalue weighted by atomic mass is 32.2. The van der Waals surface area contributed by atoms with Gasteiger partial charge >= 0.3 is 6.09 Å². The quantitative estimate of drug-likeness (QED) is 0.276. The van der Waals surface area contributed by atoms with Gasteiger partial charge in [0, 0.05) is 36.1 Å². The van der Waals surface area contributed by atoms with Crippen molar-refractivity contribution in [3.63, 3.8) is 0 Å². The number of carboxylic acid groups (broad SMARTS) is 1. The van der Waals surface area contributed by atoms with Crippen molar-refractivity contribution in [3.8, 4) is 11.6 Å². The van der Waals surface area contributed by atoms with Crippen LogP contribution in [0.25, 0.3) is 10.8 Å². The number of pyridine rings is 1. The number of amides is 4. The Bertz CT molecular complexity index is 1820. The van der Waals surface area contributed by atoms with E-state index in [9.17, 15) is 32.7 Å². The first-order valence-corrected chi connectivity index (χ1v) is 18.8. The molecule has 0 spiro atoms. The predicted octanol–water partition coefficient (Wildman–Crippen LogP) is 2.35. The van der Waals surface area contributed by atoms with Crippen molar-refractivity contribution in [3.05, 3.63) is 42.6 Å². The molecule has 2 aromatic rings. The normalized spacial score (nSPS) is 29.9. The number of carbonyl (C=O) groups is 4. The number of allylic oxidation sites excluding steroid dienone is 1. The third-order valence-corrected chi connectivity index (χ3v) is 12.1. The SMILES string of the molecule is COC[C@@H]1C[C@H](C)CCC=C[C@@H]2C[C@@]2(C(=O)NS(=O)(=O)C2CC2)NC(=O)[C@@H]2C[C@@H](Oc3ncc(OC)c4ccccc34)CN2C(=O)[C@H]1NC(=O)O.